The number of anilines is 3. The van der Waals surface area contributed by atoms with Crippen LogP contribution in [-0.4, -0.2) is 11.8 Å². The van der Waals surface area contributed by atoms with Crippen LogP contribution in [0.2, 0.25) is 0 Å². The molecule has 3 aromatic rings. The molecule has 0 saturated heterocycles. The first kappa shape index (κ1) is 17.2. The molecule has 0 radical (unpaired) electrons. The van der Waals surface area contributed by atoms with Crippen LogP contribution in [0.3, 0.4) is 0 Å². The van der Waals surface area contributed by atoms with Gasteiger partial charge in [0, 0.05) is 28.2 Å². The number of nitrogens with one attached hydrogen (secondary N) is 2. The van der Waals surface area contributed by atoms with Gasteiger partial charge in [-0.2, -0.15) is 0 Å². The number of nitrogen functional groups attached to an aromatic ring is 1. The average Bonchev–Trinajstić information content (AvgIpc) is 2.66. The molecule has 0 unspecified atom stereocenters. The Morgan fingerprint density at radius 2 is 1.27 bits per heavy atom. The molecule has 0 atom stereocenters. The molecule has 4 N–H and O–H groups in total. The third-order valence-corrected chi connectivity index (χ3v) is 3.98. The standard InChI is InChI=1S/C21H19N3O2/c1-14-7-8-16(13-19(14)22)21(26)24-18-11-9-17(10-12-18)23-20(25)15-5-3-2-4-6-15/h2-13H,22H2,1H3,(H,23,25)(H,24,26). The number of hydrogen-bond donors (Lipinski definition) is 3. The van der Waals surface area contributed by atoms with Gasteiger partial charge < -0.3 is 16.4 Å². The van der Waals surface area contributed by atoms with Gasteiger partial charge in [0.15, 0.2) is 0 Å². The topological polar surface area (TPSA) is 84.2 Å². The van der Waals surface area contributed by atoms with Gasteiger partial charge in [0.2, 0.25) is 0 Å². The molecule has 0 aliphatic heterocycles. The summed E-state index contributed by atoms with van der Waals surface area (Å²) >= 11 is 0. The number of amides is 2. The van der Waals surface area contributed by atoms with Crippen molar-refractivity contribution in [2.45, 2.75) is 6.92 Å². The Bertz CT molecular complexity index is 935. The first-order valence-electron chi connectivity index (χ1n) is 8.17. The Morgan fingerprint density at radius 1 is 0.731 bits per heavy atom. The fraction of sp³-hybridized carbons (Fsp3) is 0.0476. The van der Waals surface area contributed by atoms with Crippen LogP contribution in [0.15, 0.2) is 72.8 Å². The van der Waals surface area contributed by atoms with E-state index in [-0.39, 0.29) is 11.8 Å². The molecule has 0 saturated carbocycles. The molecule has 0 aliphatic carbocycles. The number of rotatable bonds is 4. The third kappa shape index (κ3) is 4.08. The van der Waals surface area contributed by atoms with Gasteiger partial charge in [-0.05, 0) is 61.0 Å². The summed E-state index contributed by atoms with van der Waals surface area (Å²) in [6, 6.07) is 21.1. The van der Waals surface area contributed by atoms with Crippen molar-refractivity contribution in [1.29, 1.82) is 0 Å². The molecule has 3 rings (SSSR count). The van der Waals surface area contributed by atoms with Gasteiger partial charge in [-0.25, -0.2) is 0 Å². The summed E-state index contributed by atoms with van der Waals surface area (Å²) in [4.78, 5) is 24.4. The van der Waals surface area contributed by atoms with Crippen molar-refractivity contribution >= 4 is 28.9 Å². The zero-order chi connectivity index (χ0) is 18.5. The van der Waals surface area contributed by atoms with Crippen molar-refractivity contribution in [3.8, 4) is 0 Å². The molecule has 0 aromatic heterocycles. The summed E-state index contributed by atoms with van der Waals surface area (Å²) < 4.78 is 0. The van der Waals surface area contributed by atoms with Crippen molar-refractivity contribution < 1.29 is 9.59 Å². The van der Waals surface area contributed by atoms with Gasteiger partial charge >= 0.3 is 0 Å². The second kappa shape index (κ2) is 7.53. The van der Waals surface area contributed by atoms with Crippen LogP contribution < -0.4 is 16.4 Å². The van der Waals surface area contributed by atoms with E-state index in [1.807, 2.05) is 31.2 Å². The first-order chi connectivity index (χ1) is 12.5. The van der Waals surface area contributed by atoms with Gasteiger partial charge in [-0.1, -0.05) is 24.3 Å². The number of hydrogen-bond acceptors (Lipinski definition) is 3. The minimum absolute atomic E-state index is 0.183. The Balaban J connectivity index is 1.65. The average molecular weight is 345 g/mol. The van der Waals surface area contributed by atoms with Crippen LogP contribution in [0.5, 0.6) is 0 Å². The van der Waals surface area contributed by atoms with Crippen molar-refractivity contribution in [2.75, 3.05) is 16.4 Å². The highest BCUT2D eigenvalue weighted by Crippen LogP contribution is 2.17. The highest BCUT2D eigenvalue weighted by molar-refractivity contribution is 6.06. The van der Waals surface area contributed by atoms with Crippen LogP contribution >= 0.6 is 0 Å². The first-order valence-corrected chi connectivity index (χ1v) is 8.17. The fourth-order valence-electron chi connectivity index (χ4n) is 2.41. The normalized spacial score (nSPS) is 10.2. The summed E-state index contributed by atoms with van der Waals surface area (Å²) in [5.41, 5.74) is 9.72. The monoisotopic (exact) mass is 345 g/mol. The lowest BCUT2D eigenvalue weighted by atomic mass is 10.1. The maximum Gasteiger partial charge on any atom is 0.255 e. The minimum Gasteiger partial charge on any atom is -0.398 e. The summed E-state index contributed by atoms with van der Waals surface area (Å²) in [6.07, 6.45) is 0. The van der Waals surface area contributed by atoms with E-state index in [2.05, 4.69) is 10.6 Å². The molecular weight excluding hydrogens is 326 g/mol. The van der Waals surface area contributed by atoms with Gasteiger partial charge in [-0.15, -0.1) is 0 Å². The molecule has 2 amide bonds. The molecule has 0 heterocycles. The summed E-state index contributed by atoms with van der Waals surface area (Å²) in [5, 5.41) is 5.63. The van der Waals surface area contributed by atoms with E-state index in [9.17, 15) is 9.59 Å². The zero-order valence-corrected chi connectivity index (χ0v) is 14.3. The SMILES string of the molecule is Cc1ccc(C(=O)Nc2ccc(NC(=O)c3ccccc3)cc2)cc1N. The van der Waals surface area contributed by atoms with E-state index >= 15 is 0 Å². The van der Waals surface area contributed by atoms with E-state index < -0.39 is 0 Å². The quantitative estimate of drug-likeness (QED) is 0.623. The van der Waals surface area contributed by atoms with Crippen molar-refractivity contribution in [3.05, 3.63) is 89.5 Å². The molecule has 0 spiro atoms. The van der Waals surface area contributed by atoms with Crippen LogP contribution in [0.4, 0.5) is 17.1 Å². The predicted octanol–water partition coefficient (Wildman–Crippen LogP) is 4.08. The smallest absolute Gasteiger partial charge is 0.255 e. The predicted molar refractivity (Wildman–Crippen MR) is 104 cm³/mol. The molecule has 130 valence electrons. The van der Waals surface area contributed by atoms with E-state index in [4.69, 9.17) is 5.73 Å². The third-order valence-electron chi connectivity index (χ3n) is 3.98. The van der Waals surface area contributed by atoms with E-state index in [0.717, 1.165) is 5.56 Å². The molecule has 0 bridgehead atoms. The van der Waals surface area contributed by atoms with Crippen molar-refractivity contribution in [3.63, 3.8) is 0 Å². The van der Waals surface area contributed by atoms with Crippen LogP contribution in [0, 0.1) is 6.92 Å². The Morgan fingerprint density at radius 3 is 1.81 bits per heavy atom. The number of benzene rings is 3. The maximum absolute atomic E-state index is 12.3. The van der Waals surface area contributed by atoms with Crippen LogP contribution in [0.1, 0.15) is 26.3 Å². The number of carbonyl (C=O) groups excluding carboxylic acids is 2. The summed E-state index contributed by atoms with van der Waals surface area (Å²) in [6.45, 7) is 1.89. The van der Waals surface area contributed by atoms with E-state index in [1.165, 1.54) is 0 Å². The van der Waals surface area contributed by atoms with Crippen molar-refractivity contribution in [1.82, 2.24) is 0 Å². The van der Waals surface area contributed by atoms with Crippen LogP contribution in [-0.2, 0) is 0 Å². The lowest BCUT2D eigenvalue weighted by Gasteiger charge is -2.09. The number of carbonyl (C=O) groups is 2. The highest BCUT2D eigenvalue weighted by atomic mass is 16.2. The molecule has 5 nitrogen and oxygen atoms in total. The Kier molecular flexibility index (Phi) is 4.99. The van der Waals surface area contributed by atoms with E-state index in [1.54, 1.807) is 48.5 Å². The van der Waals surface area contributed by atoms with Crippen molar-refractivity contribution in [2.24, 2.45) is 0 Å². The Hall–Kier alpha value is -3.60. The minimum atomic E-state index is -0.238. The zero-order valence-electron chi connectivity index (χ0n) is 14.3. The summed E-state index contributed by atoms with van der Waals surface area (Å²) in [5.74, 6) is -0.421. The molecule has 5 heteroatoms. The molecule has 0 aliphatic rings. The Labute approximate surface area is 151 Å². The molecule has 26 heavy (non-hydrogen) atoms. The molecular formula is C21H19N3O2. The van der Waals surface area contributed by atoms with E-state index in [0.29, 0.717) is 28.2 Å². The van der Waals surface area contributed by atoms with Gasteiger partial charge in [-0.3, -0.25) is 9.59 Å². The fourth-order valence-corrected chi connectivity index (χ4v) is 2.41. The molecule has 3 aromatic carbocycles. The lowest BCUT2D eigenvalue weighted by molar-refractivity contribution is 0.101. The van der Waals surface area contributed by atoms with Gasteiger partial charge in [0.1, 0.15) is 0 Å². The molecule has 0 fully saturated rings. The second-order valence-corrected chi connectivity index (χ2v) is 5.92. The van der Waals surface area contributed by atoms with Crippen LogP contribution in [0.25, 0.3) is 0 Å². The van der Waals surface area contributed by atoms with Gasteiger partial charge in [0.05, 0.1) is 0 Å². The number of nitrogens with two attached hydrogens (primary N) is 1. The number of aryl methyl sites for hydroxylation is 1. The lowest BCUT2D eigenvalue weighted by Crippen LogP contribution is -2.13. The maximum atomic E-state index is 12.3. The highest BCUT2D eigenvalue weighted by Gasteiger charge is 2.08. The van der Waals surface area contributed by atoms with Gasteiger partial charge in [0.25, 0.3) is 11.8 Å². The second-order valence-electron chi connectivity index (χ2n) is 5.92. The largest absolute Gasteiger partial charge is 0.398 e. The summed E-state index contributed by atoms with van der Waals surface area (Å²) in [7, 11) is 0.